The summed E-state index contributed by atoms with van der Waals surface area (Å²) in [4.78, 5) is 13.3. The van der Waals surface area contributed by atoms with Crippen molar-refractivity contribution in [2.75, 3.05) is 18.4 Å². The molecule has 0 radical (unpaired) electrons. The van der Waals surface area contributed by atoms with Crippen LogP contribution >= 0.6 is 12.2 Å². The molecule has 1 aliphatic rings. The predicted molar refractivity (Wildman–Crippen MR) is 80.9 cm³/mol. The lowest BCUT2D eigenvalue weighted by Gasteiger charge is -2.33. The smallest absolute Gasteiger partial charge is 0.222 e. The molecule has 1 aliphatic heterocycles. The van der Waals surface area contributed by atoms with Crippen LogP contribution in [0.5, 0.6) is 0 Å². The molecule has 2 rings (SSSR count). The molecular formula is C14H19N3OS. The van der Waals surface area contributed by atoms with Crippen LogP contribution in [-0.2, 0) is 4.79 Å². The fourth-order valence-electron chi connectivity index (χ4n) is 2.23. The maximum Gasteiger partial charge on any atom is 0.222 e. The number of primary amides is 1. The summed E-state index contributed by atoms with van der Waals surface area (Å²) in [6.07, 6.45) is 1.81. The van der Waals surface area contributed by atoms with E-state index in [0.717, 1.165) is 25.1 Å². The summed E-state index contributed by atoms with van der Waals surface area (Å²) in [5.74, 6) is -0.325. The van der Waals surface area contributed by atoms with Crippen LogP contribution in [0.3, 0.4) is 0 Å². The molecule has 0 spiro atoms. The van der Waals surface area contributed by atoms with E-state index in [0.29, 0.717) is 11.7 Å². The van der Waals surface area contributed by atoms with Gasteiger partial charge in [-0.15, -0.1) is 0 Å². The number of anilines is 1. The number of hydrogen-bond donors (Lipinski definition) is 2. The number of hydrogen-bond acceptors (Lipinski definition) is 2. The number of rotatable bonds is 2. The zero-order chi connectivity index (χ0) is 13.8. The standard InChI is InChI=1S/C14H19N3OS/c1-10-4-6-12(7-5-10)16-14(19)17-8-2-3-11(9-17)13(15)18/h4-7,11H,2-3,8-9H2,1H3,(H2,15,18)(H,16,19). The number of carbonyl (C=O) groups is 1. The van der Waals surface area contributed by atoms with E-state index in [2.05, 4.69) is 5.32 Å². The third kappa shape index (κ3) is 3.67. The third-order valence-corrected chi connectivity index (χ3v) is 3.77. The average molecular weight is 277 g/mol. The van der Waals surface area contributed by atoms with Crippen LogP contribution in [0.1, 0.15) is 18.4 Å². The van der Waals surface area contributed by atoms with Crippen molar-refractivity contribution in [2.45, 2.75) is 19.8 Å². The van der Waals surface area contributed by atoms with Gasteiger partial charge in [-0.25, -0.2) is 0 Å². The van der Waals surface area contributed by atoms with Gasteiger partial charge in [0, 0.05) is 18.8 Å². The van der Waals surface area contributed by atoms with Crippen molar-refractivity contribution in [2.24, 2.45) is 11.7 Å². The van der Waals surface area contributed by atoms with Gasteiger partial charge < -0.3 is 16.0 Å². The average Bonchev–Trinajstić information content (AvgIpc) is 2.41. The van der Waals surface area contributed by atoms with Gasteiger partial charge in [0.1, 0.15) is 0 Å². The van der Waals surface area contributed by atoms with Crippen molar-refractivity contribution in [3.8, 4) is 0 Å². The van der Waals surface area contributed by atoms with E-state index in [1.165, 1.54) is 5.56 Å². The maximum atomic E-state index is 11.3. The maximum absolute atomic E-state index is 11.3. The van der Waals surface area contributed by atoms with Crippen molar-refractivity contribution >= 4 is 28.9 Å². The summed E-state index contributed by atoms with van der Waals surface area (Å²) in [6.45, 7) is 3.54. The number of amides is 1. The molecule has 4 nitrogen and oxygen atoms in total. The second kappa shape index (κ2) is 6.02. The molecule has 1 aromatic rings. The van der Waals surface area contributed by atoms with Gasteiger partial charge in [0.2, 0.25) is 5.91 Å². The molecule has 3 N–H and O–H groups in total. The zero-order valence-corrected chi connectivity index (χ0v) is 11.9. The normalized spacial score (nSPS) is 19.0. The summed E-state index contributed by atoms with van der Waals surface area (Å²) in [7, 11) is 0. The summed E-state index contributed by atoms with van der Waals surface area (Å²) < 4.78 is 0. The molecule has 1 fully saturated rings. The minimum atomic E-state index is -0.233. The van der Waals surface area contributed by atoms with Gasteiger partial charge >= 0.3 is 0 Å². The van der Waals surface area contributed by atoms with Crippen LogP contribution in [0.15, 0.2) is 24.3 Å². The van der Waals surface area contributed by atoms with E-state index in [4.69, 9.17) is 18.0 Å². The molecule has 1 unspecified atom stereocenters. The highest BCUT2D eigenvalue weighted by Crippen LogP contribution is 2.17. The highest BCUT2D eigenvalue weighted by atomic mass is 32.1. The van der Waals surface area contributed by atoms with E-state index in [-0.39, 0.29) is 11.8 Å². The van der Waals surface area contributed by atoms with Crippen LogP contribution in [0, 0.1) is 12.8 Å². The molecule has 5 heteroatoms. The van der Waals surface area contributed by atoms with Crippen LogP contribution in [0.4, 0.5) is 5.69 Å². The topological polar surface area (TPSA) is 58.4 Å². The number of nitrogens with one attached hydrogen (secondary N) is 1. The first-order valence-electron chi connectivity index (χ1n) is 6.48. The van der Waals surface area contributed by atoms with E-state index in [1.54, 1.807) is 0 Å². The number of carbonyl (C=O) groups excluding carboxylic acids is 1. The van der Waals surface area contributed by atoms with Gasteiger partial charge in [0.25, 0.3) is 0 Å². The summed E-state index contributed by atoms with van der Waals surface area (Å²) in [5.41, 5.74) is 7.55. The molecule has 0 aliphatic carbocycles. The quantitative estimate of drug-likeness (QED) is 0.811. The molecule has 0 aromatic heterocycles. The molecule has 1 aromatic carbocycles. The molecular weight excluding hydrogens is 258 g/mol. The summed E-state index contributed by atoms with van der Waals surface area (Å²) >= 11 is 5.39. The number of benzene rings is 1. The van der Waals surface area contributed by atoms with E-state index < -0.39 is 0 Å². The summed E-state index contributed by atoms with van der Waals surface area (Å²) in [5, 5.41) is 3.87. The Hall–Kier alpha value is -1.62. The lowest BCUT2D eigenvalue weighted by Crippen LogP contribution is -2.45. The van der Waals surface area contributed by atoms with E-state index in [1.807, 2.05) is 36.1 Å². The van der Waals surface area contributed by atoms with Crippen molar-refractivity contribution in [3.63, 3.8) is 0 Å². The third-order valence-electron chi connectivity index (χ3n) is 3.41. The fraction of sp³-hybridized carbons (Fsp3) is 0.429. The SMILES string of the molecule is Cc1ccc(NC(=S)N2CCCC(C(N)=O)C2)cc1. The second-order valence-corrected chi connectivity index (χ2v) is 5.37. The zero-order valence-electron chi connectivity index (χ0n) is 11.1. The van der Waals surface area contributed by atoms with Crippen LogP contribution in [0.25, 0.3) is 0 Å². The number of aryl methyl sites for hydroxylation is 1. The minimum Gasteiger partial charge on any atom is -0.369 e. The Morgan fingerprint density at radius 3 is 2.74 bits per heavy atom. The molecule has 1 amide bonds. The van der Waals surface area contributed by atoms with Crippen molar-refractivity contribution in [1.29, 1.82) is 0 Å². The van der Waals surface area contributed by atoms with E-state index in [9.17, 15) is 4.79 Å². The number of nitrogens with zero attached hydrogens (tertiary/aromatic N) is 1. The van der Waals surface area contributed by atoms with E-state index >= 15 is 0 Å². The second-order valence-electron chi connectivity index (χ2n) is 4.98. The first-order chi connectivity index (χ1) is 9.06. The predicted octanol–water partition coefficient (Wildman–Crippen LogP) is 1.89. The Labute approximate surface area is 119 Å². The highest BCUT2D eigenvalue weighted by molar-refractivity contribution is 7.80. The van der Waals surface area contributed by atoms with Gasteiger partial charge in [0.05, 0.1) is 5.92 Å². The highest BCUT2D eigenvalue weighted by Gasteiger charge is 2.25. The monoisotopic (exact) mass is 277 g/mol. The first kappa shape index (κ1) is 13.8. The molecule has 1 saturated heterocycles. The number of nitrogens with two attached hydrogens (primary N) is 1. The van der Waals surface area contributed by atoms with Gasteiger partial charge in [-0.2, -0.15) is 0 Å². The molecule has 0 bridgehead atoms. The van der Waals surface area contributed by atoms with Crippen LogP contribution in [-0.4, -0.2) is 29.0 Å². The largest absolute Gasteiger partial charge is 0.369 e. The Kier molecular flexibility index (Phi) is 4.37. The Balaban J connectivity index is 1.96. The Morgan fingerprint density at radius 1 is 1.42 bits per heavy atom. The number of thiocarbonyl (C=S) groups is 1. The number of piperidine rings is 1. The van der Waals surface area contributed by atoms with Gasteiger partial charge in [-0.3, -0.25) is 4.79 Å². The first-order valence-corrected chi connectivity index (χ1v) is 6.89. The molecule has 1 atom stereocenters. The van der Waals surface area contributed by atoms with Gasteiger partial charge in [-0.05, 0) is 44.1 Å². The Morgan fingerprint density at radius 2 is 2.11 bits per heavy atom. The van der Waals surface area contributed by atoms with Gasteiger partial charge in [-0.1, -0.05) is 17.7 Å². The van der Waals surface area contributed by atoms with Crippen molar-refractivity contribution < 1.29 is 4.79 Å². The van der Waals surface area contributed by atoms with Gasteiger partial charge in [0.15, 0.2) is 5.11 Å². The van der Waals surface area contributed by atoms with Crippen LogP contribution < -0.4 is 11.1 Å². The molecule has 1 heterocycles. The van der Waals surface area contributed by atoms with Crippen molar-refractivity contribution in [3.05, 3.63) is 29.8 Å². The van der Waals surface area contributed by atoms with Crippen LogP contribution in [0.2, 0.25) is 0 Å². The van der Waals surface area contributed by atoms with Crippen molar-refractivity contribution in [1.82, 2.24) is 4.90 Å². The number of likely N-dealkylation sites (tertiary alicyclic amines) is 1. The molecule has 0 saturated carbocycles. The minimum absolute atomic E-state index is 0.0912. The molecule has 19 heavy (non-hydrogen) atoms. The molecule has 102 valence electrons. The lowest BCUT2D eigenvalue weighted by atomic mass is 9.98. The lowest BCUT2D eigenvalue weighted by molar-refractivity contribution is -0.122. The summed E-state index contributed by atoms with van der Waals surface area (Å²) in [6, 6.07) is 8.06. The Bertz CT molecular complexity index is 472. The fourth-order valence-corrected chi connectivity index (χ4v) is 2.52.